The number of likely N-dealkylation sites (N-methyl/N-ethyl adjacent to an activating group) is 1. The molecule has 8 nitrogen and oxygen atoms in total. The fraction of sp³-hybridized carbons (Fsp3) is 0.0952. The van der Waals surface area contributed by atoms with E-state index in [1.807, 2.05) is 48.5 Å². The van der Waals surface area contributed by atoms with Crippen molar-refractivity contribution in [3.05, 3.63) is 71.3 Å². The zero-order chi connectivity index (χ0) is 20.7. The fourth-order valence-corrected chi connectivity index (χ4v) is 3.96. The van der Waals surface area contributed by atoms with Crippen molar-refractivity contribution in [2.75, 3.05) is 11.9 Å². The van der Waals surface area contributed by atoms with Crippen molar-refractivity contribution in [2.45, 2.75) is 6.54 Å². The number of hydrogen-bond donors (Lipinski definition) is 0. The molecule has 1 amide bonds. The van der Waals surface area contributed by atoms with Gasteiger partial charge in [0.25, 0.3) is 5.56 Å². The maximum Gasteiger partial charge on any atom is 0.297 e. The van der Waals surface area contributed by atoms with E-state index >= 15 is 0 Å². The van der Waals surface area contributed by atoms with Crippen LogP contribution >= 0.6 is 11.3 Å². The first kappa shape index (κ1) is 18.2. The Balaban J connectivity index is 1.42. The van der Waals surface area contributed by atoms with Crippen molar-refractivity contribution in [2.24, 2.45) is 0 Å². The summed E-state index contributed by atoms with van der Waals surface area (Å²) in [7, 11) is 1.61. The van der Waals surface area contributed by atoms with Gasteiger partial charge < -0.3 is 4.42 Å². The van der Waals surface area contributed by atoms with Crippen LogP contribution in [0.3, 0.4) is 0 Å². The zero-order valence-electron chi connectivity index (χ0n) is 15.8. The number of aromatic nitrogens is 4. The van der Waals surface area contributed by atoms with Crippen molar-refractivity contribution in [1.29, 1.82) is 0 Å². The lowest BCUT2D eigenvalue weighted by Crippen LogP contribution is -2.33. The standard InChI is InChI=1S/C21H15N5O3S/c1-25(21-24-23-19(30-21)13-7-3-2-4-8-13)16(27)11-26-12-22-17-14-9-5-6-10-15(14)29-18(17)20(26)28/h2-10,12H,11H2,1H3. The third-order valence-electron chi connectivity index (χ3n) is 4.75. The van der Waals surface area contributed by atoms with Crippen LogP contribution in [0, 0.1) is 0 Å². The van der Waals surface area contributed by atoms with Crippen LogP contribution in [0.4, 0.5) is 5.13 Å². The van der Waals surface area contributed by atoms with Crippen LogP contribution in [0.2, 0.25) is 0 Å². The number of carbonyl (C=O) groups excluding carboxylic acids is 1. The lowest BCUT2D eigenvalue weighted by Gasteiger charge is -2.13. The van der Waals surface area contributed by atoms with Crippen molar-refractivity contribution in [3.8, 4) is 10.6 Å². The van der Waals surface area contributed by atoms with Crippen LogP contribution in [-0.4, -0.2) is 32.7 Å². The van der Waals surface area contributed by atoms with E-state index in [4.69, 9.17) is 4.42 Å². The molecule has 0 saturated heterocycles. The molecule has 0 spiro atoms. The number of hydrogen-bond acceptors (Lipinski definition) is 7. The van der Waals surface area contributed by atoms with Crippen LogP contribution in [0.15, 0.2) is 70.1 Å². The first-order chi connectivity index (χ1) is 14.6. The second kappa shape index (κ2) is 7.20. The van der Waals surface area contributed by atoms with Gasteiger partial charge >= 0.3 is 0 Å². The number of rotatable bonds is 4. The van der Waals surface area contributed by atoms with Gasteiger partial charge in [-0.1, -0.05) is 53.8 Å². The summed E-state index contributed by atoms with van der Waals surface area (Å²) >= 11 is 1.30. The van der Waals surface area contributed by atoms with Crippen molar-refractivity contribution >= 4 is 44.4 Å². The van der Waals surface area contributed by atoms with E-state index in [9.17, 15) is 9.59 Å². The largest absolute Gasteiger partial charge is 0.448 e. The molecular weight excluding hydrogens is 402 g/mol. The normalized spacial score (nSPS) is 11.2. The van der Waals surface area contributed by atoms with E-state index in [1.54, 1.807) is 13.1 Å². The predicted molar refractivity (Wildman–Crippen MR) is 115 cm³/mol. The SMILES string of the molecule is CN(C(=O)Cn1cnc2c(oc3ccccc32)c1=O)c1nnc(-c2ccccc2)s1. The lowest BCUT2D eigenvalue weighted by molar-refractivity contribution is -0.118. The molecule has 30 heavy (non-hydrogen) atoms. The van der Waals surface area contributed by atoms with Gasteiger partial charge in [0.05, 0.1) is 6.33 Å². The van der Waals surface area contributed by atoms with E-state index in [0.717, 1.165) is 10.9 Å². The molecule has 0 aliphatic carbocycles. The molecule has 0 fully saturated rings. The number of carbonyl (C=O) groups is 1. The number of amides is 1. The number of nitrogens with zero attached hydrogens (tertiary/aromatic N) is 5. The molecule has 0 N–H and O–H groups in total. The summed E-state index contributed by atoms with van der Waals surface area (Å²) < 4.78 is 6.90. The van der Waals surface area contributed by atoms with Gasteiger partial charge in [-0.25, -0.2) is 4.98 Å². The van der Waals surface area contributed by atoms with Gasteiger partial charge in [-0.2, -0.15) is 0 Å². The molecule has 148 valence electrons. The smallest absolute Gasteiger partial charge is 0.297 e. The summed E-state index contributed by atoms with van der Waals surface area (Å²) in [5, 5.41) is 10.2. The first-order valence-electron chi connectivity index (χ1n) is 9.14. The Bertz CT molecular complexity index is 1440. The average Bonchev–Trinajstić information content (AvgIpc) is 3.41. The van der Waals surface area contributed by atoms with Crippen LogP contribution in [0.25, 0.3) is 32.6 Å². The van der Waals surface area contributed by atoms with Crippen LogP contribution in [0.1, 0.15) is 0 Å². The monoisotopic (exact) mass is 417 g/mol. The number of fused-ring (bicyclic) bond motifs is 3. The minimum absolute atomic E-state index is 0.136. The highest BCUT2D eigenvalue weighted by Crippen LogP contribution is 2.28. The fourth-order valence-electron chi connectivity index (χ4n) is 3.13. The van der Waals surface area contributed by atoms with E-state index in [2.05, 4.69) is 15.2 Å². The van der Waals surface area contributed by atoms with Gasteiger partial charge in [0.15, 0.2) is 0 Å². The van der Waals surface area contributed by atoms with Crippen LogP contribution in [-0.2, 0) is 11.3 Å². The minimum atomic E-state index is -0.403. The van der Waals surface area contributed by atoms with Gasteiger partial charge in [0.1, 0.15) is 22.7 Å². The van der Waals surface area contributed by atoms with Crippen LogP contribution in [0.5, 0.6) is 0 Å². The highest BCUT2D eigenvalue weighted by Gasteiger charge is 2.19. The summed E-state index contributed by atoms with van der Waals surface area (Å²) in [5.41, 5.74) is 1.74. The topological polar surface area (TPSA) is 94.1 Å². The van der Waals surface area contributed by atoms with E-state index < -0.39 is 5.56 Å². The van der Waals surface area contributed by atoms with Crippen molar-refractivity contribution in [1.82, 2.24) is 19.7 Å². The molecule has 3 aromatic heterocycles. The van der Waals surface area contributed by atoms with Gasteiger partial charge in [-0.15, -0.1) is 10.2 Å². The Morgan fingerprint density at radius 2 is 1.87 bits per heavy atom. The Kier molecular flexibility index (Phi) is 4.36. The third kappa shape index (κ3) is 3.05. The maximum atomic E-state index is 12.8. The number of benzene rings is 2. The molecule has 3 heterocycles. The first-order valence-corrected chi connectivity index (χ1v) is 9.95. The Morgan fingerprint density at radius 1 is 1.10 bits per heavy atom. The molecule has 0 radical (unpaired) electrons. The van der Waals surface area contributed by atoms with E-state index in [0.29, 0.717) is 21.2 Å². The molecule has 0 saturated carbocycles. The van der Waals surface area contributed by atoms with Crippen molar-refractivity contribution < 1.29 is 9.21 Å². The predicted octanol–water partition coefficient (Wildman–Crippen LogP) is 3.32. The second-order valence-corrected chi connectivity index (χ2v) is 7.62. The molecule has 5 aromatic rings. The summed E-state index contributed by atoms with van der Waals surface area (Å²) in [6, 6.07) is 16.9. The Morgan fingerprint density at radius 3 is 2.70 bits per heavy atom. The number of anilines is 1. The highest BCUT2D eigenvalue weighted by atomic mass is 32.1. The average molecular weight is 417 g/mol. The Hall–Kier alpha value is -3.85. The van der Waals surface area contributed by atoms with Gasteiger partial charge in [0, 0.05) is 18.0 Å². The molecule has 2 aromatic carbocycles. The summed E-state index contributed by atoms with van der Waals surface area (Å²) in [5.74, 6) is -0.315. The Labute approximate surface area is 174 Å². The minimum Gasteiger partial charge on any atom is -0.448 e. The third-order valence-corrected chi connectivity index (χ3v) is 5.80. The summed E-state index contributed by atoms with van der Waals surface area (Å²) in [6.07, 6.45) is 1.37. The second-order valence-electron chi connectivity index (χ2n) is 6.66. The highest BCUT2D eigenvalue weighted by molar-refractivity contribution is 7.18. The summed E-state index contributed by atoms with van der Waals surface area (Å²) in [4.78, 5) is 31.3. The molecule has 0 atom stereocenters. The zero-order valence-corrected chi connectivity index (χ0v) is 16.7. The number of furan rings is 1. The molecule has 5 rings (SSSR count). The molecule has 0 aliphatic rings. The van der Waals surface area contributed by atoms with Crippen molar-refractivity contribution in [3.63, 3.8) is 0 Å². The quantitative estimate of drug-likeness (QED) is 0.445. The number of para-hydroxylation sites is 1. The van der Waals surface area contributed by atoms with Crippen LogP contribution < -0.4 is 10.5 Å². The maximum absolute atomic E-state index is 12.8. The molecule has 9 heteroatoms. The molecular formula is C21H15N5O3S. The summed E-state index contributed by atoms with van der Waals surface area (Å²) in [6.45, 7) is -0.185. The van der Waals surface area contributed by atoms with E-state index in [1.165, 1.54) is 27.1 Å². The van der Waals surface area contributed by atoms with Gasteiger partial charge in [0.2, 0.25) is 16.6 Å². The lowest BCUT2D eigenvalue weighted by atomic mass is 10.2. The molecule has 0 bridgehead atoms. The van der Waals surface area contributed by atoms with Gasteiger partial charge in [-0.05, 0) is 12.1 Å². The van der Waals surface area contributed by atoms with E-state index in [-0.39, 0.29) is 18.0 Å². The molecule has 0 aliphatic heterocycles. The molecule has 0 unspecified atom stereocenters. The van der Waals surface area contributed by atoms with Gasteiger partial charge in [-0.3, -0.25) is 19.1 Å².